The number of benzene rings is 2. The maximum atomic E-state index is 13.2. The summed E-state index contributed by atoms with van der Waals surface area (Å²) in [5.74, 6) is 0.160. The molecule has 6 nitrogen and oxygen atoms in total. The lowest BCUT2D eigenvalue weighted by atomic mass is 10.1. The Morgan fingerprint density at radius 2 is 1.79 bits per heavy atom. The maximum Gasteiger partial charge on any atom is 0.276 e. The van der Waals surface area contributed by atoms with Crippen LogP contribution in [0.2, 0.25) is 0 Å². The normalized spacial score (nSPS) is 14.3. The van der Waals surface area contributed by atoms with Crippen molar-refractivity contribution < 1.29 is 4.79 Å². The Hall–Kier alpha value is -3.19. The first-order valence-corrected chi connectivity index (χ1v) is 12.7. The average molecular weight is 475 g/mol. The van der Waals surface area contributed by atoms with Gasteiger partial charge in [0.15, 0.2) is 0 Å². The van der Waals surface area contributed by atoms with Crippen molar-refractivity contribution in [3.8, 4) is 0 Å². The Labute approximate surface area is 203 Å². The van der Waals surface area contributed by atoms with Crippen LogP contribution in [0, 0.1) is 20.8 Å². The Morgan fingerprint density at radius 1 is 1.03 bits per heavy atom. The third-order valence-electron chi connectivity index (χ3n) is 6.74. The molecule has 4 aromatic rings. The van der Waals surface area contributed by atoms with E-state index in [2.05, 4.69) is 42.0 Å². The minimum atomic E-state index is -0.0624. The zero-order valence-electron chi connectivity index (χ0n) is 20.0. The van der Waals surface area contributed by atoms with Crippen molar-refractivity contribution in [3.63, 3.8) is 0 Å². The topological polar surface area (TPSA) is 58.4 Å². The number of carbonyl (C=O) groups excluding carboxylic acids is 1. The number of aromatic nitrogens is 2. The molecule has 0 radical (unpaired) electrons. The summed E-state index contributed by atoms with van der Waals surface area (Å²) in [5, 5.41) is 6.29. The number of aryl methyl sites for hydroxylation is 4. The van der Waals surface area contributed by atoms with Crippen LogP contribution in [-0.2, 0) is 11.3 Å². The van der Waals surface area contributed by atoms with Crippen molar-refractivity contribution in [2.45, 2.75) is 40.2 Å². The van der Waals surface area contributed by atoms with Gasteiger partial charge >= 0.3 is 0 Å². The highest BCUT2D eigenvalue weighted by molar-refractivity contribution is 7.26. The Morgan fingerprint density at radius 3 is 2.59 bits per heavy atom. The predicted molar refractivity (Wildman–Crippen MR) is 140 cm³/mol. The van der Waals surface area contributed by atoms with Crippen LogP contribution in [0.5, 0.6) is 0 Å². The van der Waals surface area contributed by atoms with E-state index in [1.807, 2.05) is 36.1 Å². The van der Waals surface area contributed by atoms with Gasteiger partial charge in [-0.05, 0) is 50.5 Å². The fraction of sp³-hybridized carbons (Fsp3) is 0.370. The standard InChI is InChI=1S/C27H30N4O2S/c1-18-10-11-19(2)22(17-18)29-13-15-30(16-14-29)24(32)9-6-12-31-27(33)25-21-7-4-5-8-23(21)34-26(25)20(3)28-31/h4-5,7-8,10-11,17H,6,9,12-16H2,1-3H3. The van der Waals surface area contributed by atoms with Crippen LogP contribution in [-0.4, -0.2) is 46.8 Å². The predicted octanol–water partition coefficient (Wildman–Crippen LogP) is 4.67. The molecule has 5 rings (SSSR count). The average Bonchev–Trinajstić information content (AvgIpc) is 3.24. The van der Waals surface area contributed by atoms with Gasteiger partial charge in [0.05, 0.1) is 15.8 Å². The third kappa shape index (κ3) is 4.20. The molecule has 1 fully saturated rings. The maximum absolute atomic E-state index is 13.2. The van der Waals surface area contributed by atoms with E-state index in [0.717, 1.165) is 52.0 Å². The second-order valence-corrected chi connectivity index (χ2v) is 10.2. The van der Waals surface area contributed by atoms with Gasteiger partial charge in [-0.25, -0.2) is 4.68 Å². The summed E-state index contributed by atoms with van der Waals surface area (Å²) in [5.41, 5.74) is 4.60. The number of piperazine rings is 1. The van der Waals surface area contributed by atoms with E-state index >= 15 is 0 Å². The highest BCUT2D eigenvalue weighted by atomic mass is 32.1. The van der Waals surface area contributed by atoms with Gasteiger partial charge in [-0.15, -0.1) is 11.3 Å². The molecule has 1 saturated heterocycles. The summed E-state index contributed by atoms with van der Waals surface area (Å²) >= 11 is 1.62. The van der Waals surface area contributed by atoms with Gasteiger partial charge in [-0.2, -0.15) is 5.10 Å². The van der Waals surface area contributed by atoms with Gasteiger partial charge < -0.3 is 9.80 Å². The number of nitrogens with zero attached hydrogens (tertiary/aromatic N) is 4. The lowest BCUT2D eigenvalue weighted by Crippen LogP contribution is -2.49. The molecule has 7 heteroatoms. The minimum Gasteiger partial charge on any atom is -0.368 e. The second-order valence-electron chi connectivity index (χ2n) is 9.18. The summed E-state index contributed by atoms with van der Waals surface area (Å²) in [4.78, 5) is 30.3. The number of rotatable bonds is 5. The fourth-order valence-electron chi connectivity index (χ4n) is 4.86. The van der Waals surface area contributed by atoms with E-state index in [0.29, 0.717) is 19.4 Å². The van der Waals surface area contributed by atoms with Crippen LogP contribution >= 0.6 is 11.3 Å². The van der Waals surface area contributed by atoms with Gasteiger partial charge in [0, 0.05) is 54.9 Å². The van der Waals surface area contributed by atoms with Crippen molar-refractivity contribution >= 4 is 43.1 Å². The van der Waals surface area contributed by atoms with E-state index in [1.54, 1.807) is 16.0 Å². The SMILES string of the molecule is Cc1ccc(C)c(N2CCN(C(=O)CCCn3nc(C)c4sc5ccccc5c4c3=O)CC2)c1. The lowest BCUT2D eigenvalue weighted by molar-refractivity contribution is -0.131. The molecule has 1 aliphatic heterocycles. The van der Waals surface area contributed by atoms with Crippen LogP contribution in [0.15, 0.2) is 47.3 Å². The molecular formula is C27H30N4O2S. The molecule has 0 saturated carbocycles. The van der Waals surface area contributed by atoms with Crippen molar-refractivity contribution in [2.24, 2.45) is 0 Å². The summed E-state index contributed by atoms with van der Waals surface area (Å²) < 4.78 is 3.61. The molecule has 3 heterocycles. The van der Waals surface area contributed by atoms with Crippen LogP contribution in [0.4, 0.5) is 5.69 Å². The smallest absolute Gasteiger partial charge is 0.276 e. The molecule has 0 atom stereocenters. The zero-order chi connectivity index (χ0) is 23.8. The van der Waals surface area contributed by atoms with Crippen molar-refractivity contribution in [3.05, 3.63) is 69.6 Å². The van der Waals surface area contributed by atoms with Crippen molar-refractivity contribution in [2.75, 3.05) is 31.1 Å². The van der Waals surface area contributed by atoms with E-state index in [4.69, 9.17) is 0 Å². The highest BCUT2D eigenvalue weighted by Gasteiger charge is 2.22. The highest BCUT2D eigenvalue weighted by Crippen LogP contribution is 2.32. The molecule has 34 heavy (non-hydrogen) atoms. The molecule has 176 valence electrons. The van der Waals surface area contributed by atoms with E-state index in [-0.39, 0.29) is 11.5 Å². The van der Waals surface area contributed by atoms with Crippen LogP contribution in [0.25, 0.3) is 20.2 Å². The molecule has 0 N–H and O–H groups in total. The quantitative estimate of drug-likeness (QED) is 0.422. The fourth-order valence-corrected chi connectivity index (χ4v) is 5.99. The first kappa shape index (κ1) is 22.6. The summed E-state index contributed by atoms with van der Waals surface area (Å²) in [6.07, 6.45) is 1.04. The molecule has 0 aliphatic carbocycles. The van der Waals surface area contributed by atoms with E-state index in [1.165, 1.54) is 16.8 Å². The Balaban J connectivity index is 1.21. The first-order chi connectivity index (χ1) is 16.4. The first-order valence-electron chi connectivity index (χ1n) is 11.9. The summed E-state index contributed by atoms with van der Waals surface area (Å²) in [7, 11) is 0. The van der Waals surface area contributed by atoms with Gasteiger partial charge in [-0.3, -0.25) is 9.59 Å². The largest absolute Gasteiger partial charge is 0.368 e. The second kappa shape index (κ2) is 9.22. The van der Waals surface area contributed by atoms with Crippen molar-refractivity contribution in [1.29, 1.82) is 0 Å². The van der Waals surface area contributed by atoms with Gasteiger partial charge in [0.2, 0.25) is 5.91 Å². The number of hydrogen-bond donors (Lipinski definition) is 0. The molecule has 1 amide bonds. The Bertz CT molecular complexity index is 1430. The minimum absolute atomic E-state index is 0.0624. The molecule has 2 aromatic heterocycles. The van der Waals surface area contributed by atoms with Gasteiger partial charge in [-0.1, -0.05) is 30.3 Å². The molecule has 0 spiro atoms. The van der Waals surface area contributed by atoms with Gasteiger partial charge in [0.25, 0.3) is 5.56 Å². The number of hydrogen-bond acceptors (Lipinski definition) is 5. The Kier molecular flexibility index (Phi) is 6.13. The van der Waals surface area contributed by atoms with Crippen LogP contribution in [0.1, 0.15) is 29.7 Å². The van der Waals surface area contributed by atoms with Crippen LogP contribution in [0.3, 0.4) is 0 Å². The molecule has 0 unspecified atom stereocenters. The third-order valence-corrected chi connectivity index (χ3v) is 8.02. The number of carbonyl (C=O) groups is 1. The van der Waals surface area contributed by atoms with E-state index < -0.39 is 0 Å². The summed E-state index contributed by atoms with van der Waals surface area (Å²) in [6.45, 7) is 9.81. The van der Waals surface area contributed by atoms with Gasteiger partial charge in [0.1, 0.15) is 0 Å². The molecule has 0 bridgehead atoms. The molecule has 1 aliphatic rings. The van der Waals surface area contributed by atoms with Crippen molar-refractivity contribution in [1.82, 2.24) is 14.7 Å². The number of thiophene rings is 1. The van der Waals surface area contributed by atoms with Crippen LogP contribution < -0.4 is 10.5 Å². The number of anilines is 1. The lowest BCUT2D eigenvalue weighted by Gasteiger charge is -2.37. The zero-order valence-corrected chi connectivity index (χ0v) is 20.8. The monoisotopic (exact) mass is 474 g/mol. The van der Waals surface area contributed by atoms with E-state index in [9.17, 15) is 9.59 Å². The number of fused-ring (bicyclic) bond motifs is 3. The number of amides is 1. The summed E-state index contributed by atoms with van der Waals surface area (Å²) in [6, 6.07) is 14.5. The molecule has 2 aromatic carbocycles. The molecular weight excluding hydrogens is 444 g/mol.